The summed E-state index contributed by atoms with van der Waals surface area (Å²) in [5.41, 5.74) is 3.19. The van der Waals surface area contributed by atoms with E-state index in [2.05, 4.69) is 107 Å². The molecule has 76 heavy (non-hydrogen) atoms. The molecule has 1 rings (SSSR count). The number of aliphatic hydroxyl groups excluding tert-OH is 1. The average Bonchev–Trinajstić information content (AvgIpc) is 3.38. The van der Waals surface area contributed by atoms with Crippen LogP contribution in [0.3, 0.4) is 0 Å². The minimum Gasteiger partial charge on any atom is -0.482 e. The Morgan fingerprint density at radius 1 is 0.421 bits per heavy atom. The molecule has 10 heteroatoms. The summed E-state index contributed by atoms with van der Waals surface area (Å²) in [6.45, 7) is 42.6. The lowest BCUT2D eigenvalue weighted by molar-refractivity contribution is 0.00724. The van der Waals surface area contributed by atoms with Crippen LogP contribution in [0.4, 0.5) is 5.82 Å². The van der Waals surface area contributed by atoms with Crippen molar-refractivity contribution < 1.29 is 28.2 Å². The first-order valence-electron chi connectivity index (χ1n) is 32.7. The molecule has 0 aliphatic rings. The maximum Gasteiger partial charge on any atom is 0.269 e. The zero-order valence-corrected chi connectivity index (χ0v) is 55.1. The Morgan fingerprint density at radius 3 is 1.01 bits per heavy atom. The number of aromatic nitrogens is 1. The highest BCUT2D eigenvalue weighted by Crippen LogP contribution is 2.43. The van der Waals surface area contributed by atoms with Gasteiger partial charge in [0.1, 0.15) is 6.10 Å². The fourth-order valence-electron chi connectivity index (χ4n) is 12.3. The topological polar surface area (TPSA) is 83.6 Å². The second-order valence-electron chi connectivity index (χ2n) is 24.9. The first-order chi connectivity index (χ1) is 36.6. The second-order valence-corrected chi connectivity index (χ2v) is 35.8. The maximum atomic E-state index is 10.4. The van der Waals surface area contributed by atoms with E-state index in [1.54, 1.807) is 12.3 Å². The molecule has 2 atom stereocenters. The summed E-state index contributed by atoms with van der Waals surface area (Å²) >= 11 is 0. The number of pyridine rings is 1. The van der Waals surface area contributed by atoms with Crippen LogP contribution in [0.25, 0.3) is 4.85 Å². The molecule has 0 unspecified atom stereocenters. The van der Waals surface area contributed by atoms with E-state index >= 15 is 0 Å². The van der Waals surface area contributed by atoms with Crippen molar-refractivity contribution in [3.8, 4) is 5.75 Å². The SMILES string of the molecule is CCCCCCCCCCCCCCCCCCOC[C@@H](O)CO[Si](C(C)C)(C(C)C)C(C)C.[C-]#[N+]c1ccc(O[C@H](COCCCCCCCCCCCCCCCCCC)CO[Si](C(C)C)(C(C)C)C(C)C)cn1. The molecule has 0 spiro atoms. The lowest BCUT2D eigenvalue weighted by Crippen LogP contribution is -2.50. The van der Waals surface area contributed by atoms with Gasteiger partial charge in [-0.05, 0) is 58.2 Å². The third-order valence-electron chi connectivity index (χ3n) is 16.5. The Morgan fingerprint density at radius 2 is 0.724 bits per heavy atom. The number of rotatable bonds is 52. The van der Waals surface area contributed by atoms with Crippen molar-refractivity contribution in [1.82, 2.24) is 4.98 Å². The lowest BCUT2D eigenvalue weighted by atomic mass is 10.0. The molecule has 0 saturated heterocycles. The first-order valence-corrected chi connectivity index (χ1v) is 37.0. The molecule has 0 aromatic carbocycles. The van der Waals surface area contributed by atoms with Gasteiger partial charge < -0.3 is 33.0 Å². The fraction of sp³-hybridized carbons (Fsp3) is 0.909. The molecule has 0 radical (unpaired) electrons. The summed E-state index contributed by atoms with van der Waals surface area (Å²) in [7, 11) is -3.91. The molecule has 0 fully saturated rings. The summed E-state index contributed by atoms with van der Waals surface area (Å²) in [5, 5.41) is 10.4. The van der Waals surface area contributed by atoms with Gasteiger partial charge in [-0.15, -0.1) is 4.98 Å². The Balaban J connectivity index is 0.00000152. The van der Waals surface area contributed by atoms with Gasteiger partial charge in [-0.3, -0.25) is 0 Å². The van der Waals surface area contributed by atoms with Crippen LogP contribution in [0.2, 0.25) is 33.2 Å². The average molecular weight is 1100 g/mol. The van der Waals surface area contributed by atoms with Gasteiger partial charge >= 0.3 is 0 Å². The summed E-state index contributed by atoms with van der Waals surface area (Å²) in [6, 6.07) is 3.52. The van der Waals surface area contributed by atoms with Crippen LogP contribution in [0.1, 0.15) is 302 Å². The molecule has 0 aliphatic heterocycles. The van der Waals surface area contributed by atoms with E-state index in [1.165, 1.54) is 193 Å². The van der Waals surface area contributed by atoms with Gasteiger partial charge in [0.25, 0.3) is 5.82 Å². The molecule has 0 bridgehead atoms. The minimum atomic E-state index is -2.01. The molecule has 1 aromatic rings. The first kappa shape index (κ1) is 74.7. The third kappa shape index (κ3) is 35.4. The predicted octanol–water partition coefficient (Wildman–Crippen LogP) is 21.7. The fourth-order valence-corrected chi connectivity index (χ4v) is 23.2. The molecule has 0 amide bonds. The van der Waals surface area contributed by atoms with Crippen LogP contribution >= 0.6 is 0 Å². The number of aliphatic hydroxyl groups is 1. The Labute approximate surface area is 476 Å². The number of unbranched alkanes of at least 4 members (excludes halogenated alkanes) is 30. The largest absolute Gasteiger partial charge is 0.482 e. The highest BCUT2D eigenvalue weighted by Gasteiger charge is 2.46. The van der Waals surface area contributed by atoms with Crippen molar-refractivity contribution in [2.45, 2.75) is 348 Å². The van der Waals surface area contributed by atoms with Gasteiger partial charge in [0.05, 0.1) is 32.5 Å². The normalized spacial score (nSPS) is 13.1. The molecule has 1 heterocycles. The van der Waals surface area contributed by atoms with Crippen molar-refractivity contribution in [3.63, 3.8) is 0 Å². The van der Waals surface area contributed by atoms with Gasteiger partial charge in [-0.1, -0.05) is 296 Å². The second kappa shape index (κ2) is 49.5. The van der Waals surface area contributed by atoms with Crippen LogP contribution in [-0.2, 0) is 18.3 Å². The number of nitrogens with zero attached hydrogens (tertiary/aromatic N) is 2. The van der Waals surface area contributed by atoms with Gasteiger partial charge in [-0.2, -0.15) is 0 Å². The standard InChI is InChI=1S/C36H66N2O3Si.C30H64O3Si/c1-9-10-11-12-13-14-15-16-17-18-19-20-21-22-23-24-27-39-29-35(41-34-25-26-36(37-8)38-28-34)30-40-42(31(2)3,32(4)5)33(6)7;1-8-9-10-11-12-13-14-15-16-17-18-19-20-21-22-23-24-32-25-30(31)26-33-34(27(2)3,28(4)5)29(6)7/h25-26,28,31-33,35H,9-24,27,29-30H2,1-7H3;27-31H,8-26H2,1-7H3/t35-;30-/m11/s1. The molecule has 448 valence electrons. The van der Waals surface area contributed by atoms with Crippen molar-refractivity contribution in [1.29, 1.82) is 0 Å². The van der Waals surface area contributed by atoms with E-state index in [0.29, 0.717) is 71.2 Å². The van der Waals surface area contributed by atoms with Gasteiger partial charge in [0.15, 0.2) is 20.3 Å². The van der Waals surface area contributed by atoms with Crippen LogP contribution in [0.15, 0.2) is 18.3 Å². The van der Waals surface area contributed by atoms with E-state index < -0.39 is 22.7 Å². The minimum absolute atomic E-state index is 0.199. The number of ether oxygens (including phenoxy) is 3. The van der Waals surface area contributed by atoms with E-state index in [1.807, 2.05) is 6.07 Å². The Hall–Kier alpha value is -1.33. The predicted molar refractivity (Wildman–Crippen MR) is 336 cm³/mol. The number of hydrogen-bond acceptors (Lipinski definition) is 7. The maximum absolute atomic E-state index is 10.4. The molecule has 1 N–H and O–H groups in total. The van der Waals surface area contributed by atoms with Gasteiger partial charge in [0.2, 0.25) is 8.32 Å². The van der Waals surface area contributed by atoms with Crippen LogP contribution in [-0.4, -0.2) is 78.6 Å². The van der Waals surface area contributed by atoms with Crippen molar-refractivity contribution in [3.05, 3.63) is 29.7 Å². The Kier molecular flexibility index (Phi) is 48.6. The van der Waals surface area contributed by atoms with Crippen LogP contribution in [0, 0.1) is 6.57 Å². The highest BCUT2D eigenvalue weighted by molar-refractivity contribution is 6.78. The summed E-state index contributed by atoms with van der Waals surface area (Å²) < 4.78 is 31.5. The lowest BCUT2D eigenvalue weighted by Gasteiger charge is -2.42. The molecular weight excluding hydrogens is 973 g/mol. The van der Waals surface area contributed by atoms with Gasteiger partial charge in [-0.25, -0.2) is 0 Å². The van der Waals surface area contributed by atoms with Crippen molar-refractivity contribution in [2.75, 3.05) is 39.6 Å². The summed E-state index contributed by atoms with van der Waals surface area (Å²) in [4.78, 5) is 7.56. The van der Waals surface area contributed by atoms with Crippen molar-refractivity contribution in [2.24, 2.45) is 0 Å². The van der Waals surface area contributed by atoms with Gasteiger partial charge in [0, 0.05) is 13.2 Å². The third-order valence-corrected chi connectivity index (χ3v) is 28.7. The zero-order chi connectivity index (χ0) is 56.7. The monoisotopic (exact) mass is 1100 g/mol. The molecule has 0 aliphatic carbocycles. The molecule has 1 aromatic heterocycles. The van der Waals surface area contributed by atoms with Crippen molar-refractivity contribution >= 4 is 22.5 Å². The molecule has 0 saturated carbocycles. The van der Waals surface area contributed by atoms with Crippen LogP contribution in [0.5, 0.6) is 5.75 Å². The zero-order valence-electron chi connectivity index (χ0n) is 53.1. The Bertz CT molecular complexity index is 1390. The highest BCUT2D eigenvalue weighted by atomic mass is 28.4. The van der Waals surface area contributed by atoms with E-state index in [4.69, 9.17) is 29.6 Å². The summed E-state index contributed by atoms with van der Waals surface area (Å²) in [6.07, 6.45) is 45.0. The van der Waals surface area contributed by atoms with Crippen LogP contribution < -0.4 is 4.74 Å². The van der Waals surface area contributed by atoms with E-state index in [0.717, 1.165) is 26.1 Å². The smallest absolute Gasteiger partial charge is 0.269 e. The quantitative estimate of drug-likeness (QED) is 0.0395. The molecular formula is C66H130N2O6Si2. The van der Waals surface area contributed by atoms with E-state index in [9.17, 15) is 5.11 Å². The summed E-state index contributed by atoms with van der Waals surface area (Å²) in [5.74, 6) is 1.04. The number of hydrogen-bond donors (Lipinski definition) is 1. The van der Waals surface area contributed by atoms with E-state index in [-0.39, 0.29) is 6.10 Å². The molecule has 8 nitrogen and oxygen atoms in total.